The van der Waals surface area contributed by atoms with E-state index in [0.717, 1.165) is 30.5 Å². The van der Waals surface area contributed by atoms with Crippen molar-refractivity contribution in [2.45, 2.75) is 38.3 Å². The van der Waals surface area contributed by atoms with Crippen LogP contribution in [-0.2, 0) is 16.1 Å². The van der Waals surface area contributed by atoms with E-state index >= 15 is 0 Å². The Bertz CT molecular complexity index is 855. The number of rotatable bonds is 5. The number of likely N-dealkylation sites (tertiary alicyclic amines) is 2. The molecule has 2 aliphatic heterocycles. The van der Waals surface area contributed by atoms with Crippen LogP contribution in [0.2, 0.25) is 0 Å². The molecule has 2 aromatic rings. The van der Waals surface area contributed by atoms with Crippen LogP contribution in [-0.4, -0.2) is 46.4 Å². The normalized spacial score (nSPS) is 24.7. The Morgan fingerprint density at radius 3 is 2.40 bits per heavy atom. The average molecular weight is 407 g/mol. The van der Waals surface area contributed by atoms with Gasteiger partial charge in [-0.1, -0.05) is 60.7 Å². The van der Waals surface area contributed by atoms with Gasteiger partial charge in [0.1, 0.15) is 0 Å². The molecule has 0 spiro atoms. The molecule has 2 aromatic carbocycles. The summed E-state index contributed by atoms with van der Waals surface area (Å²) in [7, 11) is 0. The van der Waals surface area contributed by atoms with Crippen LogP contribution in [0.1, 0.15) is 42.9 Å². The van der Waals surface area contributed by atoms with Gasteiger partial charge in [0.15, 0.2) is 0 Å². The van der Waals surface area contributed by atoms with Gasteiger partial charge in [0.25, 0.3) is 0 Å². The Hall–Kier alpha value is -2.66. The fourth-order valence-corrected chi connectivity index (χ4v) is 4.89. The first-order valence-electron chi connectivity index (χ1n) is 11.0. The summed E-state index contributed by atoms with van der Waals surface area (Å²) < 4.78 is 0. The standard InChI is InChI=1S/C25H30N2O3/c28-18-20-10-7-15-26(16-20)25(30)22-13-14-23(29)27(17-19-8-3-1-4-9-19)24(22)21-11-5-2-6-12-21/h1-6,8-9,11-12,20,22,24,28H,7,10,13-18H2. The maximum atomic E-state index is 13.6. The second kappa shape index (κ2) is 9.43. The van der Waals surface area contributed by atoms with E-state index in [1.165, 1.54) is 0 Å². The van der Waals surface area contributed by atoms with Gasteiger partial charge in [0.05, 0.1) is 12.0 Å². The van der Waals surface area contributed by atoms with Crippen molar-refractivity contribution in [3.63, 3.8) is 0 Å². The summed E-state index contributed by atoms with van der Waals surface area (Å²) in [6.45, 7) is 1.97. The van der Waals surface area contributed by atoms with Crippen LogP contribution < -0.4 is 0 Å². The number of nitrogens with zero attached hydrogens (tertiary/aromatic N) is 2. The molecular weight excluding hydrogens is 376 g/mol. The molecule has 158 valence electrons. The van der Waals surface area contributed by atoms with Gasteiger partial charge in [0, 0.05) is 32.7 Å². The number of piperidine rings is 2. The minimum Gasteiger partial charge on any atom is -0.396 e. The number of benzene rings is 2. The van der Waals surface area contributed by atoms with Crippen molar-refractivity contribution < 1.29 is 14.7 Å². The number of aliphatic hydroxyl groups is 1. The van der Waals surface area contributed by atoms with E-state index in [0.29, 0.717) is 25.9 Å². The lowest BCUT2D eigenvalue weighted by atomic mass is 9.82. The van der Waals surface area contributed by atoms with E-state index in [1.54, 1.807) is 0 Å². The SMILES string of the molecule is O=C(C1CCC(=O)N(Cc2ccccc2)C1c1ccccc1)N1CCCC(CO)C1. The molecule has 3 atom stereocenters. The number of carbonyl (C=O) groups is 2. The Morgan fingerprint density at radius 1 is 1.00 bits per heavy atom. The Kier molecular flexibility index (Phi) is 6.48. The van der Waals surface area contributed by atoms with Crippen LogP contribution in [0.5, 0.6) is 0 Å². The zero-order chi connectivity index (χ0) is 20.9. The molecule has 2 amide bonds. The largest absolute Gasteiger partial charge is 0.396 e. The molecule has 2 aliphatic rings. The summed E-state index contributed by atoms with van der Waals surface area (Å²) in [5, 5.41) is 9.58. The highest BCUT2D eigenvalue weighted by Crippen LogP contribution is 2.39. The highest BCUT2D eigenvalue weighted by molar-refractivity contribution is 5.85. The number of hydrogen-bond acceptors (Lipinski definition) is 3. The van der Waals surface area contributed by atoms with E-state index in [1.807, 2.05) is 70.5 Å². The van der Waals surface area contributed by atoms with E-state index in [9.17, 15) is 14.7 Å². The first-order valence-corrected chi connectivity index (χ1v) is 11.0. The van der Waals surface area contributed by atoms with E-state index < -0.39 is 0 Å². The van der Waals surface area contributed by atoms with Crippen LogP contribution in [0.25, 0.3) is 0 Å². The lowest BCUT2D eigenvalue weighted by Crippen LogP contribution is -2.51. The van der Waals surface area contributed by atoms with Crippen molar-refractivity contribution in [1.29, 1.82) is 0 Å². The summed E-state index contributed by atoms with van der Waals surface area (Å²) >= 11 is 0. The molecule has 2 fully saturated rings. The molecule has 0 bridgehead atoms. The molecule has 2 heterocycles. The fraction of sp³-hybridized carbons (Fsp3) is 0.440. The average Bonchev–Trinajstić information content (AvgIpc) is 2.81. The van der Waals surface area contributed by atoms with Gasteiger partial charge in [-0.25, -0.2) is 0 Å². The molecule has 5 heteroatoms. The molecule has 30 heavy (non-hydrogen) atoms. The summed E-state index contributed by atoms with van der Waals surface area (Å²) in [4.78, 5) is 30.4. The van der Waals surface area contributed by atoms with Crippen molar-refractivity contribution in [2.24, 2.45) is 11.8 Å². The van der Waals surface area contributed by atoms with Crippen LogP contribution in [0.15, 0.2) is 60.7 Å². The first-order chi connectivity index (χ1) is 14.7. The van der Waals surface area contributed by atoms with E-state index in [-0.39, 0.29) is 36.3 Å². The summed E-state index contributed by atoms with van der Waals surface area (Å²) in [5.74, 6) is 0.117. The van der Waals surface area contributed by atoms with Crippen molar-refractivity contribution in [3.8, 4) is 0 Å². The number of carbonyl (C=O) groups excluding carboxylic acids is 2. The Morgan fingerprint density at radius 2 is 1.70 bits per heavy atom. The van der Waals surface area contributed by atoms with Gasteiger partial charge in [-0.2, -0.15) is 0 Å². The van der Waals surface area contributed by atoms with Gasteiger partial charge >= 0.3 is 0 Å². The Labute approximate surface area is 178 Å². The topological polar surface area (TPSA) is 60.9 Å². The summed E-state index contributed by atoms with van der Waals surface area (Å²) in [5.41, 5.74) is 2.08. The maximum Gasteiger partial charge on any atom is 0.228 e. The van der Waals surface area contributed by atoms with Gasteiger partial charge in [0.2, 0.25) is 11.8 Å². The number of aliphatic hydroxyl groups excluding tert-OH is 1. The second-order valence-corrected chi connectivity index (χ2v) is 8.48. The van der Waals surface area contributed by atoms with Gasteiger partial charge in [-0.15, -0.1) is 0 Å². The van der Waals surface area contributed by atoms with Gasteiger partial charge in [-0.3, -0.25) is 9.59 Å². The number of amides is 2. The summed E-state index contributed by atoms with van der Waals surface area (Å²) in [6, 6.07) is 19.7. The minimum atomic E-state index is -0.269. The molecule has 1 N–H and O–H groups in total. The minimum absolute atomic E-state index is 0.101. The molecule has 5 nitrogen and oxygen atoms in total. The van der Waals surface area contributed by atoms with Crippen molar-refractivity contribution in [1.82, 2.24) is 9.80 Å². The lowest BCUT2D eigenvalue weighted by molar-refractivity contribution is -0.150. The summed E-state index contributed by atoms with van der Waals surface area (Å²) in [6.07, 6.45) is 2.85. The van der Waals surface area contributed by atoms with E-state index in [2.05, 4.69) is 0 Å². The second-order valence-electron chi connectivity index (χ2n) is 8.48. The van der Waals surface area contributed by atoms with Crippen molar-refractivity contribution in [2.75, 3.05) is 19.7 Å². The monoisotopic (exact) mass is 406 g/mol. The van der Waals surface area contributed by atoms with E-state index in [4.69, 9.17) is 0 Å². The number of hydrogen-bond donors (Lipinski definition) is 1. The molecule has 3 unspecified atom stereocenters. The zero-order valence-electron chi connectivity index (χ0n) is 17.3. The Balaban J connectivity index is 1.64. The van der Waals surface area contributed by atoms with Gasteiger partial charge < -0.3 is 14.9 Å². The molecule has 0 aliphatic carbocycles. The smallest absolute Gasteiger partial charge is 0.228 e. The fourth-order valence-electron chi connectivity index (χ4n) is 4.89. The van der Waals surface area contributed by atoms with Crippen LogP contribution in [0, 0.1) is 11.8 Å². The third-order valence-electron chi connectivity index (χ3n) is 6.45. The highest BCUT2D eigenvalue weighted by Gasteiger charge is 2.42. The predicted molar refractivity (Wildman–Crippen MR) is 115 cm³/mol. The quantitative estimate of drug-likeness (QED) is 0.828. The molecular formula is C25H30N2O3. The first kappa shape index (κ1) is 20.6. The van der Waals surface area contributed by atoms with Gasteiger partial charge in [-0.05, 0) is 36.3 Å². The van der Waals surface area contributed by atoms with Crippen LogP contribution >= 0.6 is 0 Å². The molecule has 0 saturated carbocycles. The third kappa shape index (κ3) is 4.41. The zero-order valence-corrected chi connectivity index (χ0v) is 17.3. The van der Waals surface area contributed by atoms with Crippen molar-refractivity contribution >= 4 is 11.8 Å². The van der Waals surface area contributed by atoms with Crippen LogP contribution in [0.3, 0.4) is 0 Å². The molecule has 0 aromatic heterocycles. The lowest BCUT2D eigenvalue weighted by Gasteiger charge is -2.43. The maximum absolute atomic E-state index is 13.6. The highest BCUT2D eigenvalue weighted by atomic mass is 16.3. The molecule has 2 saturated heterocycles. The third-order valence-corrected chi connectivity index (χ3v) is 6.45. The van der Waals surface area contributed by atoms with Crippen molar-refractivity contribution in [3.05, 3.63) is 71.8 Å². The molecule has 4 rings (SSSR count). The van der Waals surface area contributed by atoms with Crippen LogP contribution in [0.4, 0.5) is 0 Å². The predicted octanol–water partition coefficient (Wildman–Crippen LogP) is 3.40. The molecule has 0 radical (unpaired) electrons.